The SMILES string of the molecule is CC(C)(C)c1ccc(N2c3cc4c(cc3B3c5ccc(C(C)(C)c6ccccc6)cc5N(c5cccc(C(C)(C)c6ccccc6)c5)c5cc(C(C)(C)C)cc2c53)C(C)(C)CCC4(C)C)c(-c2ccc(-c3ccccc3)cc2)c1. The number of nitrogens with zero attached hydrogens (tertiary/aromatic N) is 2. The smallest absolute Gasteiger partial charge is 0.252 e. The maximum atomic E-state index is 2.72. The predicted octanol–water partition coefficient (Wildman–Crippen LogP) is 18.7. The minimum atomic E-state index is -0.261. The number of anilines is 6. The van der Waals surface area contributed by atoms with Crippen molar-refractivity contribution in [2.75, 3.05) is 9.80 Å². The molecule has 0 bridgehead atoms. The summed E-state index contributed by atoms with van der Waals surface area (Å²) in [7, 11) is 0. The molecule has 3 heteroatoms. The molecule has 0 N–H and O–H groups in total. The summed E-state index contributed by atoms with van der Waals surface area (Å²) >= 11 is 0. The normalized spacial score (nSPS) is 15.5. The first-order valence-corrected chi connectivity index (χ1v) is 29.1. The Labute approximate surface area is 473 Å². The summed E-state index contributed by atoms with van der Waals surface area (Å²) in [6, 6.07) is 77.1. The van der Waals surface area contributed by atoms with Gasteiger partial charge in [-0.05, 0) is 161 Å². The fourth-order valence-electron chi connectivity index (χ4n) is 13.4. The summed E-state index contributed by atoms with van der Waals surface area (Å²) in [5, 5.41) is 0. The molecule has 9 aromatic carbocycles. The quantitative estimate of drug-likeness (QED) is 0.140. The molecule has 0 unspecified atom stereocenters. The molecule has 2 heterocycles. The van der Waals surface area contributed by atoms with Gasteiger partial charge in [-0.2, -0.15) is 0 Å². The van der Waals surface area contributed by atoms with Crippen molar-refractivity contribution in [2.24, 2.45) is 0 Å². The summed E-state index contributed by atoms with van der Waals surface area (Å²) in [5.41, 5.74) is 26.4. The van der Waals surface area contributed by atoms with Gasteiger partial charge in [-0.3, -0.25) is 0 Å². The van der Waals surface area contributed by atoms with Crippen LogP contribution in [-0.2, 0) is 32.5 Å². The topological polar surface area (TPSA) is 6.48 Å². The van der Waals surface area contributed by atoms with Crippen molar-refractivity contribution in [3.05, 3.63) is 245 Å². The molecule has 79 heavy (non-hydrogen) atoms. The first-order valence-electron chi connectivity index (χ1n) is 29.1. The van der Waals surface area contributed by atoms with Gasteiger partial charge in [0.05, 0.1) is 5.69 Å². The van der Waals surface area contributed by atoms with E-state index in [0.29, 0.717) is 0 Å². The van der Waals surface area contributed by atoms with Crippen molar-refractivity contribution in [3.63, 3.8) is 0 Å². The third-order valence-corrected chi connectivity index (χ3v) is 18.9. The van der Waals surface area contributed by atoms with E-state index in [0.717, 1.165) is 12.8 Å². The molecule has 2 nitrogen and oxygen atoms in total. The van der Waals surface area contributed by atoms with E-state index < -0.39 is 0 Å². The van der Waals surface area contributed by atoms with Crippen molar-refractivity contribution in [1.82, 2.24) is 0 Å². The van der Waals surface area contributed by atoms with Crippen LogP contribution in [0, 0.1) is 0 Å². The van der Waals surface area contributed by atoms with Crippen molar-refractivity contribution in [1.29, 1.82) is 0 Å². The van der Waals surface area contributed by atoms with Gasteiger partial charge in [0.25, 0.3) is 6.71 Å². The molecule has 396 valence electrons. The molecule has 0 spiro atoms. The van der Waals surface area contributed by atoms with Crippen LogP contribution < -0.4 is 26.2 Å². The fourth-order valence-corrected chi connectivity index (χ4v) is 13.4. The van der Waals surface area contributed by atoms with Gasteiger partial charge in [0.2, 0.25) is 0 Å². The van der Waals surface area contributed by atoms with Gasteiger partial charge in [0, 0.05) is 44.8 Å². The minimum absolute atomic E-state index is 0.00300. The molecule has 1 aliphatic carbocycles. The molecule has 12 rings (SSSR count). The van der Waals surface area contributed by atoms with Gasteiger partial charge in [0.1, 0.15) is 0 Å². The predicted molar refractivity (Wildman–Crippen MR) is 341 cm³/mol. The molecule has 0 saturated heterocycles. The lowest BCUT2D eigenvalue weighted by Gasteiger charge is -2.48. The number of rotatable bonds is 8. The number of hydrogen-bond donors (Lipinski definition) is 0. The van der Waals surface area contributed by atoms with Crippen molar-refractivity contribution in [3.8, 4) is 22.3 Å². The highest BCUT2D eigenvalue weighted by Gasteiger charge is 2.48. The average molecular weight is 1030 g/mol. The molecule has 0 amide bonds. The maximum absolute atomic E-state index is 2.72. The van der Waals surface area contributed by atoms with E-state index in [2.05, 4.69) is 307 Å². The van der Waals surface area contributed by atoms with E-state index in [1.807, 2.05) is 0 Å². The molecular weight excluding hydrogens is 952 g/mol. The summed E-state index contributed by atoms with van der Waals surface area (Å²) < 4.78 is 0. The Morgan fingerprint density at radius 1 is 0.342 bits per heavy atom. The highest BCUT2D eigenvalue weighted by Crippen LogP contribution is 2.53. The second-order valence-corrected chi connectivity index (χ2v) is 27.7. The third kappa shape index (κ3) is 8.88. The third-order valence-electron chi connectivity index (χ3n) is 18.9. The summed E-state index contributed by atoms with van der Waals surface area (Å²) in [4.78, 5) is 5.38. The fraction of sp³-hybridized carbons (Fsp3) is 0.289. The molecule has 0 radical (unpaired) electrons. The van der Waals surface area contributed by atoms with Gasteiger partial charge in [-0.1, -0.05) is 249 Å². The van der Waals surface area contributed by atoms with Crippen LogP contribution in [0.5, 0.6) is 0 Å². The molecule has 9 aromatic rings. The Morgan fingerprint density at radius 3 is 1.39 bits per heavy atom. The minimum Gasteiger partial charge on any atom is -0.311 e. The second kappa shape index (κ2) is 18.6. The van der Waals surface area contributed by atoms with E-state index in [-0.39, 0.29) is 39.2 Å². The van der Waals surface area contributed by atoms with Crippen LogP contribution in [0.3, 0.4) is 0 Å². The zero-order chi connectivity index (χ0) is 55.6. The van der Waals surface area contributed by atoms with Gasteiger partial charge < -0.3 is 9.80 Å². The van der Waals surface area contributed by atoms with Crippen LogP contribution >= 0.6 is 0 Å². The summed E-state index contributed by atoms with van der Waals surface area (Å²) in [6.07, 6.45) is 2.29. The summed E-state index contributed by atoms with van der Waals surface area (Å²) in [6.45, 7) is 33.7. The average Bonchev–Trinajstić information content (AvgIpc) is 2.77. The van der Waals surface area contributed by atoms with Crippen LogP contribution in [0.25, 0.3) is 22.3 Å². The van der Waals surface area contributed by atoms with Crippen LogP contribution in [0.4, 0.5) is 34.1 Å². The standard InChI is InChI=1S/C76H79BN2/c1-71(2,3)55-38-40-65(60(44-55)52-35-33-51(34-36-52)50-25-18-15-19-26-50)79-67-49-62-61(73(7,8)41-42-74(62,9)10)48-64(67)77-63-39-37-57(76(13,14)54-29-22-17-23-30-54)45-66(63)78(68-46-58(72(4,5)6)47-69(79)70(68)77)59-32-24-31-56(43-59)75(11,12)53-27-20-16-21-28-53/h15-40,43-49H,41-42H2,1-14H3. The van der Waals surface area contributed by atoms with Gasteiger partial charge in [-0.15, -0.1) is 0 Å². The molecule has 0 fully saturated rings. The number of benzene rings is 9. The number of fused-ring (bicyclic) bond motifs is 5. The molecule has 0 atom stereocenters. The number of hydrogen-bond acceptors (Lipinski definition) is 2. The van der Waals surface area contributed by atoms with Crippen LogP contribution in [0.1, 0.15) is 154 Å². The van der Waals surface area contributed by atoms with Crippen LogP contribution in [-0.4, -0.2) is 6.71 Å². The molecular formula is C76H79BN2. The van der Waals surface area contributed by atoms with Crippen molar-refractivity contribution < 1.29 is 0 Å². The Morgan fingerprint density at radius 2 is 0.810 bits per heavy atom. The first-order chi connectivity index (χ1) is 37.4. The monoisotopic (exact) mass is 1030 g/mol. The first kappa shape index (κ1) is 52.3. The van der Waals surface area contributed by atoms with E-state index in [4.69, 9.17) is 0 Å². The Bertz CT molecular complexity index is 3790. The molecule has 0 saturated carbocycles. The zero-order valence-corrected chi connectivity index (χ0v) is 49.4. The van der Waals surface area contributed by atoms with Gasteiger partial charge in [-0.25, -0.2) is 0 Å². The molecule has 3 aliphatic rings. The lowest BCUT2D eigenvalue weighted by molar-refractivity contribution is 0.332. The Balaban J connectivity index is 1.20. The lowest BCUT2D eigenvalue weighted by atomic mass is 9.33. The largest absolute Gasteiger partial charge is 0.311 e. The Kier molecular flexibility index (Phi) is 12.3. The molecule has 0 aromatic heterocycles. The van der Waals surface area contributed by atoms with Gasteiger partial charge >= 0.3 is 0 Å². The van der Waals surface area contributed by atoms with E-state index in [9.17, 15) is 0 Å². The van der Waals surface area contributed by atoms with Crippen molar-refractivity contribution in [2.45, 2.75) is 142 Å². The van der Waals surface area contributed by atoms with Crippen molar-refractivity contribution >= 4 is 57.2 Å². The summed E-state index contributed by atoms with van der Waals surface area (Å²) in [5.74, 6) is 0. The zero-order valence-electron chi connectivity index (χ0n) is 49.4. The maximum Gasteiger partial charge on any atom is 0.252 e. The molecule has 2 aliphatic heterocycles. The van der Waals surface area contributed by atoms with E-state index >= 15 is 0 Å². The Hall–Kier alpha value is -7.36. The van der Waals surface area contributed by atoms with Crippen LogP contribution in [0.2, 0.25) is 0 Å². The van der Waals surface area contributed by atoms with Gasteiger partial charge in [0.15, 0.2) is 0 Å². The van der Waals surface area contributed by atoms with Crippen LogP contribution in [0.15, 0.2) is 200 Å². The highest BCUT2D eigenvalue weighted by molar-refractivity contribution is 7.00. The van der Waals surface area contributed by atoms with E-state index in [1.165, 1.54) is 117 Å². The van der Waals surface area contributed by atoms with E-state index in [1.54, 1.807) is 0 Å². The highest BCUT2D eigenvalue weighted by atomic mass is 15.2. The lowest BCUT2D eigenvalue weighted by Crippen LogP contribution is -2.62. The second-order valence-electron chi connectivity index (χ2n) is 27.7.